The lowest BCUT2D eigenvalue weighted by atomic mass is 10.3. The minimum atomic E-state index is -0.295. The molecule has 0 atom stereocenters. The highest BCUT2D eigenvalue weighted by Crippen LogP contribution is 2.14. The molecule has 5 rings (SSSR count). The summed E-state index contributed by atoms with van der Waals surface area (Å²) >= 11 is 1.55. The van der Waals surface area contributed by atoms with E-state index in [0.717, 1.165) is 21.7 Å². The van der Waals surface area contributed by atoms with Gasteiger partial charge in [-0.2, -0.15) is 0 Å². The molecule has 0 saturated carbocycles. The van der Waals surface area contributed by atoms with Crippen LogP contribution in [0.2, 0.25) is 0 Å². The maximum Gasteiger partial charge on any atom is 0.273 e. The van der Waals surface area contributed by atoms with Crippen molar-refractivity contribution in [2.24, 2.45) is 0 Å². The number of benzene rings is 1. The fourth-order valence-corrected chi connectivity index (χ4v) is 3.61. The second-order valence-electron chi connectivity index (χ2n) is 6.00. The van der Waals surface area contributed by atoms with E-state index in [-0.39, 0.29) is 11.6 Å². The SMILES string of the molecule is O=C(NCc1cn2ccsc2n1)c1coc(Cn2cnc3ccccc32)n1. The van der Waals surface area contributed by atoms with E-state index in [1.54, 1.807) is 17.7 Å². The van der Waals surface area contributed by atoms with Crippen molar-refractivity contribution in [3.63, 3.8) is 0 Å². The first kappa shape index (κ1) is 15.8. The highest BCUT2D eigenvalue weighted by Gasteiger charge is 2.14. The van der Waals surface area contributed by atoms with Crippen molar-refractivity contribution in [3.8, 4) is 0 Å². The minimum absolute atomic E-state index is 0.246. The molecule has 5 aromatic rings. The fraction of sp³-hybridized carbons (Fsp3) is 0.111. The molecule has 0 radical (unpaired) electrons. The zero-order valence-electron chi connectivity index (χ0n) is 14.1. The zero-order valence-corrected chi connectivity index (χ0v) is 14.9. The van der Waals surface area contributed by atoms with Crippen molar-refractivity contribution >= 4 is 33.2 Å². The van der Waals surface area contributed by atoms with Gasteiger partial charge >= 0.3 is 0 Å². The molecule has 1 N–H and O–H groups in total. The summed E-state index contributed by atoms with van der Waals surface area (Å²) in [7, 11) is 0. The van der Waals surface area contributed by atoms with Gasteiger partial charge in [0.1, 0.15) is 12.8 Å². The van der Waals surface area contributed by atoms with Gasteiger partial charge in [0.25, 0.3) is 5.91 Å². The average Bonchev–Trinajstić information content (AvgIpc) is 3.44. The number of nitrogens with one attached hydrogen (secondary N) is 1. The Morgan fingerprint density at radius 2 is 2.19 bits per heavy atom. The molecule has 0 spiro atoms. The van der Waals surface area contributed by atoms with E-state index in [1.807, 2.05) is 51.0 Å². The van der Waals surface area contributed by atoms with E-state index in [1.165, 1.54) is 6.26 Å². The lowest BCUT2D eigenvalue weighted by molar-refractivity contribution is 0.0945. The third-order valence-corrected chi connectivity index (χ3v) is 4.96. The molecule has 0 unspecified atom stereocenters. The van der Waals surface area contributed by atoms with Gasteiger partial charge in [0.05, 0.1) is 29.6 Å². The molecule has 134 valence electrons. The Bertz CT molecular complexity index is 1220. The van der Waals surface area contributed by atoms with Gasteiger partial charge in [0.2, 0.25) is 5.89 Å². The van der Waals surface area contributed by atoms with Crippen molar-refractivity contribution in [3.05, 3.63) is 71.9 Å². The standard InChI is InChI=1S/C18H14N6O2S/c25-17(19-7-12-8-23-5-6-27-18(23)21-12)14-10-26-16(22-14)9-24-11-20-13-3-1-2-4-15(13)24/h1-6,8,10-11H,7,9H2,(H,19,25). The van der Waals surface area contributed by atoms with Crippen LogP contribution in [0.5, 0.6) is 0 Å². The normalized spacial score (nSPS) is 11.4. The van der Waals surface area contributed by atoms with Gasteiger partial charge in [0.15, 0.2) is 10.7 Å². The van der Waals surface area contributed by atoms with E-state index in [4.69, 9.17) is 4.42 Å². The summed E-state index contributed by atoms with van der Waals surface area (Å²) in [6.07, 6.45) is 6.93. The molecule has 0 fully saturated rings. The summed E-state index contributed by atoms with van der Waals surface area (Å²) in [6.45, 7) is 0.743. The smallest absolute Gasteiger partial charge is 0.273 e. The number of amides is 1. The van der Waals surface area contributed by atoms with Crippen molar-refractivity contribution in [2.45, 2.75) is 13.1 Å². The van der Waals surface area contributed by atoms with Crippen LogP contribution in [0, 0.1) is 0 Å². The second kappa shape index (κ2) is 6.36. The largest absolute Gasteiger partial charge is 0.446 e. The number of aromatic nitrogens is 5. The Morgan fingerprint density at radius 3 is 3.11 bits per heavy atom. The Kier molecular flexibility index (Phi) is 3.72. The van der Waals surface area contributed by atoms with E-state index >= 15 is 0 Å². The van der Waals surface area contributed by atoms with Crippen LogP contribution in [-0.4, -0.2) is 29.8 Å². The number of nitrogens with zero attached hydrogens (tertiary/aromatic N) is 5. The highest BCUT2D eigenvalue weighted by molar-refractivity contribution is 7.15. The molecule has 8 nitrogen and oxygen atoms in total. The molecule has 0 bridgehead atoms. The number of carbonyl (C=O) groups is 1. The number of imidazole rings is 2. The third kappa shape index (κ3) is 2.97. The summed E-state index contributed by atoms with van der Waals surface area (Å²) in [4.78, 5) is 26.3. The van der Waals surface area contributed by atoms with Crippen molar-refractivity contribution in [2.75, 3.05) is 0 Å². The maximum atomic E-state index is 12.3. The molecule has 0 saturated heterocycles. The molecule has 9 heteroatoms. The van der Waals surface area contributed by atoms with Gasteiger partial charge in [-0.1, -0.05) is 12.1 Å². The number of fused-ring (bicyclic) bond motifs is 2. The molecule has 0 aliphatic carbocycles. The van der Waals surface area contributed by atoms with Crippen LogP contribution >= 0.6 is 11.3 Å². The lowest BCUT2D eigenvalue weighted by Gasteiger charge is -2.00. The van der Waals surface area contributed by atoms with E-state index in [9.17, 15) is 4.79 Å². The molecular weight excluding hydrogens is 364 g/mol. The van der Waals surface area contributed by atoms with E-state index in [0.29, 0.717) is 19.0 Å². The van der Waals surface area contributed by atoms with Gasteiger partial charge in [-0.15, -0.1) is 11.3 Å². The van der Waals surface area contributed by atoms with Gasteiger partial charge in [0, 0.05) is 17.8 Å². The van der Waals surface area contributed by atoms with Crippen LogP contribution in [0.4, 0.5) is 0 Å². The maximum absolute atomic E-state index is 12.3. The lowest BCUT2D eigenvalue weighted by Crippen LogP contribution is -2.23. The van der Waals surface area contributed by atoms with E-state index < -0.39 is 0 Å². The molecule has 27 heavy (non-hydrogen) atoms. The first-order chi connectivity index (χ1) is 13.3. The monoisotopic (exact) mass is 378 g/mol. The number of hydrogen-bond acceptors (Lipinski definition) is 6. The average molecular weight is 378 g/mol. The minimum Gasteiger partial charge on any atom is -0.446 e. The molecule has 0 aliphatic heterocycles. The number of para-hydroxylation sites is 2. The highest BCUT2D eigenvalue weighted by atomic mass is 32.1. The number of thiazole rings is 1. The predicted molar refractivity (Wildman–Crippen MR) is 99.6 cm³/mol. The summed E-state index contributed by atoms with van der Waals surface area (Å²) in [5, 5.41) is 4.78. The molecule has 1 aromatic carbocycles. The summed E-state index contributed by atoms with van der Waals surface area (Å²) in [5.74, 6) is 0.155. The molecule has 0 aliphatic rings. The fourth-order valence-electron chi connectivity index (χ4n) is 2.89. The van der Waals surface area contributed by atoms with Gasteiger partial charge in [-0.25, -0.2) is 15.0 Å². The van der Waals surface area contributed by atoms with Gasteiger partial charge < -0.3 is 14.3 Å². The van der Waals surface area contributed by atoms with Crippen molar-refractivity contribution < 1.29 is 9.21 Å². The van der Waals surface area contributed by atoms with Crippen molar-refractivity contribution in [1.82, 2.24) is 29.2 Å². The number of hydrogen-bond donors (Lipinski definition) is 1. The summed E-state index contributed by atoms with van der Waals surface area (Å²) in [6, 6.07) is 7.82. The number of rotatable bonds is 5. The van der Waals surface area contributed by atoms with Crippen LogP contribution in [0.1, 0.15) is 22.1 Å². The van der Waals surface area contributed by atoms with Gasteiger partial charge in [-0.3, -0.25) is 9.20 Å². The first-order valence-electron chi connectivity index (χ1n) is 8.30. The third-order valence-electron chi connectivity index (χ3n) is 4.19. The Hall–Kier alpha value is -3.46. The molecule has 1 amide bonds. The summed E-state index contributed by atoms with van der Waals surface area (Å²) in [5.41, 5.74) is 2.93. The zero-order chi connectivity index (χ0) is 18.2. The Morgan fingerprint density at radius 1 is 1.26 bits per heavy atom. The molecule has 4 aromatic heterocycles. The van der Waals surface area contributed by atoms with Crippen molar-refractivity contribution in [1.29, 1.82) is 0 Å². The number of oxazole rings is 1. The van der Waals surface area contributed by atoms with Crippen LogP contribution in [-0.2, 0) is 13.1 Å². The van der Waals surface area contributed by atoms with Crippen LogP contribution in [0.3, 0.4) is 0 Å². The Labute approximate surface area is 157 Å². The van der Waals surface area contributed by atoms with E-state index in [2.05, 4.69) is 20.3 Å². The quantitative estimate of drug-likeness (QED) is 0.508. The van der Waals surface area contributed by atoms with Gasteiger partial charge in [-0.05, 0) is 12.1 Å². The predicted octanol–water partition coefficient (Wildman–Crippen LogP) is 2.71. The van der Waals surface area contributed by atoms with Crippen LogP contribution in [0.15, 0.2) is 59.0 Å². The molecular formula is C18H14N6O2S. The molecule has 4 heterocycles. The second-order valence-corrected chi connectivity index (χ2v) is 6.87. The summed E-state index contributed by atoms with van der Waals surface area (Å²) < 4.78 is 9.31. The van der Waals surface area contributed by atoms with Crippen LogP contribution < -0.4 is 5.32 Å². The Balaban J connectivity index is 1.26. The first-order valence-corrected chi connectivity index (χ1v) is 9.18. The number of carbonyl (C=O) groups excluding carboxylic acids is 1. The van der Waals surface area contributed by atoms with Crippen LogP contribution in [0.25, 0.3) is 16.0 Å². The topological polar surface area (TPSA) is 90.2 Å².